The number of nitrogens with zero attached hydrogens (tertiary/aromatic N) is 1. The molecule has 142 valence electrons. The van der Waals surface area contributed by atoms with Gasteiger partial charge in [0.25, 0.3) is 0 Å². The van der Waals surface area contributed by atoms with Crippen LogP contribution in [0.1, 0.15) is 16.7 Å². The first-order valence-corrected chi connectivity index (χ1v) is 8.08. The van der Waals surface area contributed by atoms with E-state index in [1.54, 1.807) is 0 Å². The quantitative estimate of drug-likeness (QED) is 0.788. The number of carbonyl (C=O) groups is 1. The molecule has 0 heterocycles. The Balaban J connectivity index is 0.00000338. The fraction of sp³-hybridized carbons (Fsp3) is 0.316. The minimum absolute atomic E-state index is 0. The van der Waals surface area contributed by atoms with E-state index in [9.17, 15) is 18.0 Å². The van der Waals surface area contributed by atoms with Gasteiger partial charge < -0.3 is 10.6 Å². The Labute approximate surface area is 157 Å². The predicted octanol–water partition coefficient (Wildman–Crippen LogP) is 3.70. The van der Waals surface area contributed by atoms with E-state index in [0.717, 1.165) is 11.6 Å². The van der Waals surface area contributed by atoms with Crippen LogP contribution in [0.3, 0.4) is 0 Å². The Morgan fingerprint density at radius 3 is 2.19 bits per heavy atom. The highest BCUT2D eigenvalue weighted by molar-refractivity contribution is 5.85. The van der Waals surface area contributed by atoms with Gasteiger partial charge in [-0.1, -0.05) is 48.5 Å². The van der Waals surface area contributed by atoms with Gasteiger partial charge in [0, 0.05) is 19.6 Å². The molecule has 0 saturated heterocycles. The zero-order chi connectivity index (χ0) is 18.3. The molecule has 0 fully saturated rings. The number of rotatable bonds is 7. The molecule has 2 aromatic carbocycles. The lowest BCUT2D eigenvalue weighted by atomic mass is 10.0. The molecule has 2 rings (SSSR count). The maximum Gasteiger partial charge on any atom is 0.416 e. The molecule has 0 atom stereocenters. The minimum Gasteiger partial charge on any atom is -0.341 e. The maximum absolute atomic E-state index is 13.1. The summed E-state index contributed by atoms with van der Waals surface area (Å²) in [6, 6.07) is 14.8. The van der Waals surface area contributed by atoms with Gasteiger partial charge in [0.2, 0.25) is 5.91 Å². The number of hydrogen-bond acceptors (Lipinski definition) is 2. The van der Waals surface area contributed by atoms with Gasteiger partial charge in [0.05, 0.1) is 12.0 Å². The minimum atomic E-state index is -4.47. The van der Waals surface area contributed by atoms with Crippen LogP contribution >= 0.6 is 12.4 Å². The van der Waals surface area contributed by atoms with E-state index in [-0.39, 0.29) is 36.8 Å². The summed E-state index contributed by atoms with van der Waals surface area (Å²) in [5.41, 5.74) is 5.84. The first-order valence-electron chi connectivity index (χ1n) is 8.08. The highest BCUT2D eigenvalue weighted by Crippen LogP contribution is 2.32. The second kappa shape index (κ2) is 10.2. The number of halogens is 4. The number of amides is 1. The van der Waals surface area contributed by atoms with Gasteiger partial charge in [-0.25, -0.2) is 0 Å². The average Bonchev–Trinajstić information content (AvgIpc) is 2.59. The summed E-state index contributed by atoms with van der Waals surface area (Å²) >= 11 is 0. The summed E-state index contributed by atoms with van der Waals surface area (Å²) in [5.74, 6) is -0.349. The summed E-state index contributed by atoms with van der Waals surface area (Å²) in [7, 11) is 0. The Morgan fingerprint density at radius 2 is 1.58 bits per heavy atom. The topological polar surface area (TPSA) is 46.3 Å². The van der Waals surface area contributed by atoms with Crippen LogP contribution < -0.4 is 5.73 Å². The van der Waals surface area contributed by atoms with Crippen molar-refractivity contribution in [2.75, 3.05) is 19.6 Å². The van der Waals surface area contributed by atoms with Gasteiger partial charge >= 0.3 is 6.18 Å². The van der Waals surface area contributed by atoms with E-state index in [1.807, 2.05) is 30.3 Å². The van der Waals surface area contributed by atoms with Crippen LogP contribution in [0.15, 0.2) is 54.6 Å². The highest BCUT2D eigenvalue weighted by Gasteiger charge is 2.33. The van der Waals surface area contributed by atoms with Crippen LogP contribution in [-0.2, 0) is 23.8 Å². The van der Waals surface area contributed by atoms with Crippen molar-refractivity contribution in [3.05, 3.63) is 71.3 Å². The first-order chi connectivity index (χ1) is 11.9. The van der Waals surface area contributed by atoms with Crippen LogP contribution in [0.2, 0.25) is 0 Å². The molecule has 3 nitrogen and oxygen atoms in total. The van der Waals surface area contributed by atoms with E-state index >= 15 is 0 Å². The first kappa shape index (κ1) is 22.0. The standard InChI is InChI=1S/C19H21F3N2O.ClH/c20-19(21,22)17-9-5-4-8-16(17)14-18(25)24(13-11-23)12-10-15-6-2-1-3-7-15;/h1-9H,10-14,23H2;1H. The molecular formula is C19H22ClF3N2O. The number of hydrogen-bond donors (Lipinski definition) is 1. The summed E-state index contributed by atoms with van der Waals surface area (Å²) in [4.78, 5) is 14.0. The van der Waals surface area contributed by atoms with Gasteiger partial charge in [-0.2, -0.15) is 13.2 Å². The second-order valence-electron chi connectivity index (χ2n) is 5.74. The van der Waals surface area contributed by atoms with Crippen LogP contribution in [0.25, 0.3) is 0 Å². The second-order valence-corrected chi connectivity index (χ2v) is 5.74. The largest absolute Gasteiger partial charge is 0.416 e. The van der Waals surface area contributed by atoms with Crippen molar-refractivity contribution in [3.8, 4) is 0 Å². The molecule has 0 aromatic heterocycles. The van der Waals surface area contributed by atoms with Gasteiger partial charge in [-0.3, -0.25) is 4.79 Å². The van der Waals surface area contributed by atoms with Gasteiger partial charge in [0.1, 0.15) is 0 Å². The van der Waals surface area contributed by atoms with E-state index in [4.69, 9.17) is 5.73 Å². The molecule has 2 N–H and O–H groups in total. The van der Waals surface area contributed by atoms with Gasteiger partial charge in [0.15, 0.2) is 0 Å². The van der Waals surface area contributed by atoms with E-state index < -0.39 is 11.7 Å². The molecule has 0 bridgehead atoms. The van der Waals surface area contributed by atoms with Gasteiger partial charge in [-0.15, -0.1) is 12.4 Å². The Hall–Kier alpha value is -2.05. The van der Waals surface area contributed by atoms with E-state index in [0.29, 0.717) is 19.5 Å². The van der Waals surface area contributed by atoms with Crippen LogP contribution in [-0.4, -0.2) is 30.4 Å². The Kier molecular flexibility index (Phi) is 8.61. The third-order valence-electron chi connectivity index (χ3n) is 3.93. The predicted molar refractivity (Wildman–Crippen MR) is 98.2 cm³/mol. The summed E-state index contributed by atoms with van der Waals surface area (Å²) in [5, 5.41) is 0. The van der Waals surface area contributed by atoms with Gasteiger partial charge in [-0.05, 0) is 23.6 Å². The number of alkyl halides is 3. The van der Waals surface area contributed by atoms with E-state index in [1.165, 1.54) is 23.1 Å². The van der Waals surface area contributed by atoms with Crippen molar-refractivity contribution in [2.24, 2.45) is 5.73 Å². The van der Waals surface area contributed by atoms with Crippen molar-refractivity contribution in [3.63, 3.8) is 0 Å². The summed E-state index contributed by atoms with van der Waals surface area (Å²) in [6.45, 7) is 1.01. The third-order valence-corrected chi connectivity index (χ3v) is 3.93. The molecule has 2 aromatic rings. The normalized spacial score (nSPS) is 10.9. The lowest BCUT2D eigenvalue weighted by Gasteiger charge is -2.23. The molecular weight excluding hydrogens is 365 g/mol. The number of benzene rings is 2. The monoisotopic (exact) mass is 386 g/mol. The Bertz CT molecular complexity index is 693. The molecule has 0 aliphatic rings. The molecule has 0 radical (unpaired) electrons. The van der Waals surface area contributed by atoms with Crippen LogP contribution in [0, 0.1) is 0 Å². The molecule has 7 heteroatoms. The lowest BCUT2D eigenvalue weighted by molar-refractivity contribution is -0.138. The maximum atomic E-state index is 13.1. The lowest BCUT2D eigenvalue weighted by Crippen LogP contribution is -2.38. The van der Waals surface area contributed by atoms with Crippen LogP contribution in [0.4, 0.5) is 13.2 Å². The fourth-order valence-electron chi connectivity index (χ4n) is 2.65. The van der Waals surface area contributed by atoms with Crippen molar-refractivity contribution in [2.45, 2.75) is 19.0 Å². The molecule has 1 amide bonds. The third kappa shape index (κ3) is 6.35. The fourth-order valence-corrected chi connectivity index (χ4v) is 2.65. The highest BCUT2D eigenvalue weighted by atomic mass is 35.5. The molecule has 0 spiro atoms. The zero-order valence-corrected chi connectivity index (χ0v) is 15.0. The average molecular weight is 387 g/mol. The molecule has 0 aliphatic heterocycles. The van der Waals surface area contributed by atoms with Crippen molar-refractivity contribution in [1.29, 1.82) is 0 Å². The summed E-state index contributed by atoms with van der Waals surface area (Å²) in [6.07, 6.45) is -4.13. The van der Waals surface area contributed by atoms with Crippen LogP contribution in [0.5, 0.6) is 0 Å². The zero-order valence-electron chi connectivity index (χ0n) is 14.2. The van der Waals surface area contributed by atoms with E-state index in [2.05, 4.69) is 0 Å². The molecule has 0 saturated carbocycles. The SMILES string of the molecule is Cl.NCCN(CCc1ccccc1)C(=O)Cc1ccccc1C(F)(F)F. The van der Waals surface area contributed by atoms with Crippen molar-refractivity contribution in [1.82, 2.24) is 4.90 Å². The molecule has 0 unspecified atom stereocenters. The number of nitrogens with two attached hydrogens (primary N) is 1. The molecule has 26 heavy (non-hydrogen) atoms. The smallest absolute Gasteiger partial charge is 0.341 e. The van der Waals surface area contributed by atoms with Crippen molar-refractivity contribution < 1.29 is 18.0 Å². The number of carbonyl (C=O) groups excluding carboxylic acids is 1. The van der Waals surface area contributed by atoms with Crippen molar-refractivity contribution >= 4 is 18.3 Å². The molecule has 0 aliphatic carbocycles. The summed E-state index contributed by atoms with van der Waals surface area (Å²) < 4.78 is 39.2. The Morgan fingerprint density at radius 1 is 0.962 bits per heavy atom.